The predicted molar refractivity (Wildman–Crippen MR) is 22.5 cm³/mol. The summed E-state index contributed by atoms with van der Waals surface area (Å²) in [6.07, 6.45) is 0. The fourth-order valence-electron chi connectivity index (χ4n) is 0. The summed E-state index contributed by atoms with van der Waals surface area (Å²) in [5.41, 5.74) is 1.46. The second kappa shape index (κ2) is 2.02. The Morgan fingerprint density at radius 2 is 2.20 bits per heavy atom. The topological polar surface area (TPSA) is 17.1 Å². The molecule has 1 nitrogen and oxygen atoms in total. The highest BCUT2D eigenvalue weighted by molar-refractivity contribution is 6.47. The average molecular weight is 86.2 g/mol. The van der Waals surface area contributed by atoms with Gasteiger partial charge in [-0.3, -0.25) is 0 Å². The van der Waals surface area contributed by atoms with Crippen LogP contribution in [-0.2, 0) is 4.46 Å². The van der Waals surface area contributed by atoms with E-state index in [1.54, 1.807) is 6.55 Å². The van der Waals surface area contributed by atoms with Crippen LogP contribution in [0, 0.1) is 0 Å². The van der Waals surface area contributed by atoms with E-state index in [9.17, 15) is 4.46 Å². The first kappa shape index (κ1) is 4.76. The lowest BCUT2D eigenvalue weighted by molar-refractivity contribution is 0.572. The molecule has 0 aromatic heterocycles. The SMILES string of the molecule is C=C[Si](C)=O. The van der Waals surface area contributed by atoms with Crippen LogP contribution in [-0.4, -0.2) is 8.68 Å². The van der Waals surface area contributed by atoms with Crippen molar-refractivity contribution in [3.63, 3.8) is 0 Å². The minimum Gasteiger partial charge on any atom is -0.383 e. The Kier molecular flexibility index (Phi) is 1.92. The number of hydrogen-bond donors (Lipinski definition) is 0. The Hall–Kier alpha value is -0.243. The molecule has 0 fully saturated rings. The van der Waals surface area contributed by atoms with Crippen LogP contribution >= 0.6 is 0 Å². The van der Waals surface area contributed by atoms with Gasteiger partial charge in [0.05, 0.1) is 0 Å². The van der Waals surface area contributed by atoms with E-state index >= 15 is 0 Å². The van der Waals surface area contributed by atoms with Crippen molar-refractivity contribution >= 4 is 8.68 Å². The van der Waals surface area contributed by atoms with Gasteiger partial charge in [0.1, 0.15) is 0 Å². The third-order valence-electron chi connectivity index (χ3n) is 0.287. The van der Waals surface area contributed by atoms with Gasteiger partial charge in [-0.25, -0.2) is 0 Å². The van der Waals surface area contributed by atoms with Crippen LogP contribution in [0.15, 0.2) is 12.3 Å². The quantitative estimate of drug-likeness (QED) is 0.431. The van der Waals surface area contributed by atoms with Gasteiger partial charge in [-0.15, -0.1) is 6.58 Å². The first-order chi connectivity index (χ1) is 2.27. The molecule has 0 saturated carbocycles. The fourth-order valence-corrected chi connectivity index (χ4v) is 0. The maximum absolute atomic E-state index is 9.88. The molecule has 0 aliphatic carbocycles. The van der Waals surface area contributed by atoms with Crippen molar-refractivity contribution in [1.29, 1.82) is 0 Å². The Morgan fingerprint density at radius 3 is 2.20 bits per heavy atom. The van der Waals surface area contributed by atoms with E-state index in [1.807, 2.05) is 0 Å². The minimum absolute atomic E-state index is 1.36. The highest BCUT2D eigenvalue weighted by Gasteiger charge is 1.75. The lowest BCUT2D eigenvalue weighted by Gasteiger charge is -1.58. The largest absolute Gasteiger partial charge is 0.383 e. The Bertz CT molecular complexity index is 57.9. The van der Waals surface area contributed by atoms with Crippen molar-refractivity contribution in [2.45, 2.75) is 6.55 Å². The molecule has 0 aromatic rings. The summed E-state index contributed by atoms with van der Waals surface area (Å²) in [5, 5.41) is 0. The molecule has 28 valence electrons. The summed E-state index contributed by atoms with van der Waals surface area (Å²) in [4.78, 5) is 0. The lowest BCUT2D eigenvalue weighted by atomic mass is 11.3. The number of rotatable bonds is 1. The van der Waals surface area contributed by atoms with Gasteiger partial charge in [-0.1, -0.05) is 0 Å². The van der Waals surface area contributed by atoms with Gasteiger partial charge >= 0.3 is 0 Å². The van der Waals surface area contributed by atoms with Gasteiger partial charge in [0.2, 0.25) is 0 Å². The summed E-state index contributed by atoms with van der Waals surface area (Å²) in [5.74, 6) is 0. The second-order valence-corrected chi connectivity index (χ2v) is 2.44. The van der Waals surface area contributed by atoms with Crippen LogP contribution in [0.25, 0.3) is 0 Å². The van der Waals surface area contributed by atoms with Crippen molar-refractivity contribution in [2.24, 2.45) is 0 Å². The van der Waals surface area contributed by atoms with E-state index in [4.69, 9.17) is 0 Å². The molecule has 0 unspecified atom stereocenters. The maximum Gasteiger partial charge on any atom is 0.300 e. The van der Waals surface area contributed by atoms with Crippen molar-refractivity contribution in [1.82, 2.24) is 0 Å². The van der Waals surface area contributed by atoms with Crippen LogP contribution in [0.3, 0.4) is 0 Å². The van der Waals surface area contributed by atoms with Gasteiger partial charge in [-0.05, 0) is 12.2 Å². The highest BCUT2D eigenvalue weighted by atomic mass is 28.3. The third kappa shape index (κ3) is 3.76. The first-order valence-corrected chi connectivity index (χ1v) is 3.39. The van der Waals surface area contributed by atoms with Crippen molar-refractivity contribution in [3.05, 3.63) is 12.3 Å². The third-order valence-corrected chi connectivity index (χ3v) is 0.862. The van der Waals surface area contributed by atoms with Crippen LogP contribution < -0.4 is 0 Å². The van der Waals surface area contributed by atoms with E-state index in [-0.39, 0.29) is 0 Å². The van der Waals surface area contributed by atoms with Gasteiger partial charge < -0.3 is 4.46 Å². The Labute approximate surface area is 33.0 Å². The van der Waals surface area contributed by atoms with Crippen molar-refractivity contribution in [3.8, 4) is 0 Å². The molecule has 0 rings (SSSR count). The zero-order valence-corrected chi connectivity index (χ0v) is 4.19. The molecule has 0 aliphatic rings. The van der Waals surface area contributed by atoms with Crippen LogP contribution in [0.5, 0.6) is 0 Å². The van der Waals surface area contributed by atoms with Crippen LogP contribution in [0.1, 0.15) is 0 Å². The highest BCUT2D eigenvalue weighted by Crippen LogP contribution is 1.58. The molecule has 2 heteroatoms. The van der Waals surface area contributed by atoms with Crippen LogP contribution in [0.4, 0.5) is 0 Å². The zero-order chi connectivity index (χ0) is 4.28. The monoisotopic (exact) mass is 86.0 g/mol. The molecule has 0 spiro atoms. The van der Waals surface area contributed by atoms with E-state index < -0.39 is 8.68 Å². The fraction of sp³-hybridized carbons (Fsp3) is 0.333. The lowest BCUT2D eigenvalue weighted by Crippen LogP contribution is -1.78. The minimum atomic E-state index is -1.36. The molecule has 0 amide bonds. The summed E-state index contributed by atoms with van der Waals surface area (Å²) < 4.78 is 9.88. The van der Waals surface area contributed by atoms with Gasteiger partial charge in [0.25, 0.3) is 8.68 Å². The molecule has 0 radical (unpaired) electrons. The summed E-state index contributed by atoms with van der Waals surface area (Å²) >= 11 is 0. The van der Waals surface area contributed by atoms with E-state index in [0.29, 0.717) is 0 Å². The molecule has 5 heavy (non-hydrogen) atoms. The summed E-state index contributed by atoms with van der Waals surface area (Å²) in [6, 6.07) is 0. The molecular formula is C3H6OSi. The van der Waals surface area contributed by atoms with Gasteiger partial charge in [0, 0.05) is 0 Å². The normalized spacial score (nSPS) is 6.60. The second-order valence-electron chi connectivity index (χ2n) is 0.815. The smallest absolute Gasteiger partial charge is 0.300 e. The first-order valence-electron chi connectivity index (χ1n) is 1.40. The molecule has 0 aliphatic heterocycles. The van der Waals surface area contributed by atoms with Gasteiger partial charge in [0.15, 0.2) is 0 Å². The van der Waals surface area contributed by atoms with E-state index in [2.05, 4.69) is 6.58 Å². The zero-order valence-electron chi connectivity index (χ0n) is 3.19. The maximum atomic E-state index is 9.88. The summed E-state index contributed by atoms with van der Waals surface area (Å²) in [6.45, 7) is 4.94. The Balaban J connectivity index is 3.20. The molecular weight excluding hydrogens is 80.1 g/mol. The molecule has 0 N–H and O–H groups in total. The molecule has 0 atom stereocenters. The molecule has 0 heterocycles. The average Bonchev–Trinajstić information content (AvgIpc) is 1.38. The van der Waals surface area contributed by atoms with Crippen LogP contribution in [0.2, 0.25) is 6.55 Å². The molecule has 0 bridgehead atoms. The predicted octanol–water partition coefficient (Wildman–Crippen LogP) is 0.763. The van der Waals surface area contributed by atoms with Crippen molar-refractivity contribution in [2.75, 3.05) is 0 Å². The molecule has 0 aromatic carbocycles. The number of hydrogen-bond acceptors (Lipinski definition) is 1. The Morgan fingerprint density at radius 1 is 2.00 bits per heavy atom. The van der Waals surface area contributed by atoms with E-state index in [0.717, 1.165) is 0 Å². The molecule has 0 saturated heterocycles. The van der Waals surface area contributed by atoms with Gasteiger partial charge in [-0.2, -0.15) is 0 Å². The standard InChI is InChI=1S/C3H6OSi/c1-3-5(2)4/h3H,1H2,2H3. The van der Waals surface area contributed by atoms with Crippen molar-refractivity contribution < 1.29 is 4.46 Å². The summed E-state index contributed by atoms with van der Waals surface area (Å²) in [7, 11) is -1.36. The van der Waals surface area contributed by atoms with E-state index in [1.165, 1.54) is 5.70 Å².